The molecular formula is C30H32NS+. The second-order valence-electron chi connectivity index (χ2n) is 10.4. The molecule has 0 N–H and O–H groups in total. The van der Waals surface area contributed by atoms with Gasteiger partial charge in [-0.15, -0.1) is 11.3 Å². The second kappa shape index (κ2) is 7.42. The number of rotatable bonds is 2. The monoisotopic (exact) mass is 438 g/mol. The summed E-state index contributed by atoms with van der Waals surface area (Å²) in [5.41, 5.74) is 6.96. The molecular weight excluding hydrogens is 406 g/mol. The summed E-state index contributed by atoms with van der Waals surface area (Å²) in [5, 5.41) is 5.54. The minimum Gasteiger partial charge on any atom is -0.200 e. The molecule has 0 bridgehead atoms. The number of benzene rings is 3. The Morgan fingerprint density at radius 1 is 0.875 bits per heavy atom. The minimum atomic E-state index is 0.0689. The average molecular weight is 439 g/mol. The van der Waals surface area contributed by atoms with Gasteiger partial charge in [0.2, 0.25) is 5.69 Å². The van der Waals surface area contributed by atoms with Crippen LogP contribution in [0.25, 0.3) is 42.2 Å². The van der Waals surface area contributed by atoms with Gasteiger partial charge in [0.15, 0.2) is 6.20 Å². The molecule has 0 saturated carbocycles. The third-order valence-electron chi connectivity index (χ3n) is 6.82. The first-order chi connectivity index (χ1) is 15.2. The Hall–Kier alpha value is -2.71. The fourth-order valence-electron chi connectivity index (χ4n) is 5.14. The van der Waals surface area contributed by atoms with Gasteiger partial charge < -0.3 is 0 Å². The van der Waals surface area contributed by atoms with Crippen LogP contribution in [0.1, 0.15) is 57.2 Å². The molecule has 2 aromatic heterocycles. The largest absolute Gasteiger partial charge is 0.230 e. The first-order valence-corrected chi connectivity index (χ1v) is 12.4. The van der Waals surface area contributed by atoms with Crippen molar-refractivity contribution in [2.24, 2.45) is 7.05 Å². The van der Waals surface area contributed by atoms with E-state index in [1.807, 2.05) is 11.3 Å². The van der Waals surface area contributed by atoms with E-state index in [1.165, 1.54) is 58.9 Å². The molecule has 162 valence electrons. The van der Waals surface area contributed by atoms with Crippen molar-refractivity contribution in [2.75, 3.05) is 0 Å². The highest BCUT2D eigenvalue weighted by molar-refractivity contribution is 7.26. The molecule has 0 fully saturated rings. The van der Waals surface area contributed by atoms with Crippen LogP contribution in [-0.4, -0.2) is 0 Å². The zero-order valence-electron chi connectivity index (χ0n) is 20.2. The SMILES string of the molecule is Cc1c(-c2c3sc4cccc(C(C)C)c4c3cc[n+]2C)cc(C(C)(C)C)c2ccccc12. The highest BCUT2D eigenvalue weighted by Crippen LogP contribution is 2.44. The Morgan fingerprint density at radius 2 is 1.59 bits per heavy atom. The topological polar surface area (TPSA) is 3.88 Å². The quantitative estimate of drug-likeness (QED) is 0.243. The molecule has 0 unspecified atom stereocenters. The molecule has 2 heteroatoms. The van der Waals surface area contributed by atoms with Crippen molar-refractivity contribution < 1.29 is 4.57 Å². The van der Waals surface area contributed by atoms with Gasteiger partial charge in [-0.05, 0) is 57.9 Å². The summed E-state index contributed by atoms with van der Waals surface area (Å²) in [6, 6.07) is 20.5. The summed E-state index contributed by atoms with van der Waals surface area (Å²) in [6.07, 6.45) is 2.24. The van der Waals surface area contributed by atoms with Crippen LogP contribution in [0.15, 0.2) is 60.8 Å². The molecule has 2 heterocycles. The first kappa shape index (κ1) is 21.2. The minimum absolute atomic E-state index is 0.0689. The molecule has 5 rings (SSSR count). The Kier molecular flexibility index (Phi) is 4.90. The summed E-state index contributed by atoms with van der Waals surface area (Å²) in [5.74, 6) is 0.504. The van der Waals surface area contributed by atoms with Crippen molar-refractivity contribution in [1.29, 1.82) is 0 Å². The van der Waals surface area contributed by atoms with E-state index in [1.54, 1.807) is 0 Å². The standard InChI is InChI=1S/C30H32NS/c1-18(2)20-13-10-14-26-27(20)23-15-16-31(7)28(29(23)32-26)24-17-25(30(4,5)6)22-12-9-8-11-21(22)19(24)3/h8-18H,1-7H3/q+1. The van der Waals surface area contributed by atoms with Crippen LogP contribution < -0.4 is 4.57 Å². The van der Waals surface area contributed by atoms with Crippen LogP contribution >= 0.6 is 11.3 Å². The zero-order chi connectivity index (χ0) is 22.8. The second-order valence-corrected chi connectivity index (χ2v) is 11.4. The molecule has 0 radical (unpaired) electrons. The van der Waals surface area contributed by atoms with Gasteiger partial charge in [-0.3, -0.25) is 0 Å². The van der Waals surface area contributed by atoms with Crippen LogP contribution in [0, 0.1) is 6.92 Å². The van der Waals surface area contributed by atoms with Gasteiger partial charge in [-0.2, -0.15) is 4.57 Å². The normalized spacial score (nSPS) is 12.5. The van der Waals surface area contributed by atoms with E-state index < -0.39 is 0 Å². The third-order valence-corrected chi connectivity index (χ3v) is 7.99. The van der Waals surface area contributed by atoms with Crippen LogP contribution in [0.2, 0.25) is 0 Å². The number of pyridine rings is 1. The number of aromatic nitrogens is 1. The van der Waals surface area contributed by atoms with E-state index in [9.17, 15) is 0 Å². The average Bonchev–Trinajstić information content (AvgIpc) is 3.12. The van der Waals surface area contributed by atoms with Crippen LogP contribution in [0.5, 0.6) is 0 Å². The van der Waals surface area contributed by atoms with Crippen molar-refractivity contribution in [3.8, 4) is 11.3 Å². The van der Waals surface area contributed by atoms with Gasteiger partial charge in [-0.25, -0.2) is 0 Å². The van der Waals surface area contributed by atoms with Crippen molar-refractivity contribution in [1.82, 2.24) is 0 Å². The Bertz CT molecular complexity index is 1500. The lowest BCUT2D eigenvalue weighted by molar-refractivity contribution is -0.659. The Morgan fingerprint density at radius 3 is 2.28 bits per heavy atom. The molecule has 5 aromatic rings. The van der Waals surface area contributed by atoms with Crippen molar-refractivity contribution in [3.63, 3.8) is 0 Å². The number of hydrogen-bond acceptors (Lipinski definition) is 1. The summed E-state index contributed by atoms with van der Waals surface area (Å²) in [4.78, 5) is 0. The molecule has 0 atom stereocenters. The van der Waals surface area contributed by atoms with Crippen LogP contribution in [0.3, 0.4) is 0 Å². The zero-order valence-corrected chi connectivity index (χ0v) is 21.0. The fraction of sp³-hybridized carbons (Fsp3) is 0.300. The summed E-state index contributed by atoms with van der Waals surface area (Å²) in [6.45, 7) is 13.8. The third kappa shape index (κ3) is 3.16. The molecule has 0 aliphatic carbocycles. The smallest absolute Gasteiger partial charge is 0.200 e. The molecule has 3 aromatic carbocycles. The Labute approximate surface area is 195 Å². The highest BCUT2D eigenvalue weighted by atomic mass is 32.1. The van der Waals surface area contributed by atoms with Gasteiger partial charge in [-0.1, -0.05) is 71.0 Å². The molecule has 0 aliphatic heterocycles. The van der Waals surface area contributed by atoms with Gasteiger partial charge in [0.25, 0.3) is 0 Å². The number of nitrogens with zero attached hydrogens (tertiary/aromatic N) is 1. The van der Waals surface area contributed by atoms with Crippen molar-refractivity contribution in [3.05, 3.63) is 77.5 Å². The molecule has 32 heavy (non-hydrogen) atoms. The Balaban J connectivity index is 1.94. The molecule has 0 saturated heterocycles. The van der Waals surface area contributed by atoms with Gasteiger partial charge in [0, 0.05) is 21.5 Å². The number of thiophene rings is 1. The first-order valence-electron chi connectivity index (χ1n) is 11.6. The van der Waals surface area contributed by atoms with Crippen LogP contribution in [-0.2, 0) is 12.5 Å². The predicted octanol–water partition coefficient (Wildman–Crippen LogP) is 8.43. The van der Waals surface area contributed by atoms with E-state index in [0.717, 1.165) is 0 Å². The summed E-state index contributed by atoms with van der Waals surface area (Å²) in [7, 11) is 2.19. The lowest BCUT2D eigenvalue weighted by atomic mass is 9.80. The van der Waals surface area contributed by atoms with Crippen molar-refractivity contribution >= 4 is 42.3 Å². The summed E-state index contributed by atoms with van der Waals surface area (Å²) >= 11 is 1.94. The van der Waals surface area contributed by atoms with E-state index in [-0.39, 0.29) is 5.41 Å². The maximum Gasteiger partial charge on any atom is 0.230 e. The van der Waals surface area contributed by atoms with Crippen LogP contribution in [0.4, 0.5) is 0 Å². The fourth-order valence-corrected chi connectivity index (χ4v) is 6.46. The maximum atomic E-state index is 2.46. The lowest BCUT2D eigenvalue weighted by Gasteiger charge is -2.24. The number of hydrogen-bond donors (Lipinski definition) is 0. The highest BCUT2D eigenvalue weighted by Gasteiger charge is 2.26. The van der Waals surface area contributed by atoms with E-state index in [4.69, 9.17) is 0 Å². The molecule has 0 amide bonds. The maximum absolute atomic E-state index is 2.46. The summed E-state index contributed by atoms with van der Waals surface area (Å²) < 4.78 is 5.08. The van der Waals surface area contributed by atoms with E-state index >= 15 is 0 Å². The molecule has 0 aliphatic rings. The van der Waals surface area contributed by atoms with Gasteiger partial charge in [0.05, 0.1) is 5.56 Å². The number of fused-ring (bicyclic) bond motifs is 4. The van der Waals surface area contributed by atoms with Gasteiger partial charge in [0.1, 0.15) is 11.7 Å². The van der Waals surface area contributed by atoms with E-state index in [0.29, 0.717) is 5.92 Å². The number of aryl methyl sites for hydroxylation is 2. The molecule has 1 nitrogen and oxygen atoms in total. The van der Waals surface area contributed by atoms with E-state index in [2.05, 4.69) is 114 Å². The predicted molar refractivity (Wildman–Crippen MR) is 141 cm³/mol. The van der Waals surface area contributed by atoms with Crippen molar-refractivity contribution in [2.45, 2.75) is 52.9 Å². The lowest BCUT2D eigenvalue weighted by Crippen LogP contribution is -2.30. The van der Waals surface area contributed by atoms with Gasteiger partial charge >= 0.3 is 0 Å². The molecule has 0 spiro atoms.